The van der Waals surface area contributed by atoms with Gasteiger partial charge < -0.3 is 20.1 Å². The summed E-state index contributed by atoms with van der Waals surface area (Å²) in [5.74, 6) is 0.996. The lowest BCUT2D eigenvalue weighted by molar-refractivity contribution is -0.150. The third-order valence-electron chi connectivity index (χ3n) is 5.14. The van der Waals surface area contributed by atoms with E-state index in [-0.39, 0.29) is 23.9 Å². The van der Waals surface area contributed by atoms with E-state index in [4.69, 9.17) is 9.47 Å². The number of fused-ring (bicyclic) bond motifs is 1. The number of carbonyl (C=O) groups is 2. The van der Waals surface area contributed by atoms with Crippen LogP contribution in [0.1, 0.15) is 55.5 Å². The number of aryl methyl sites for hydroxylation is 1. The van der Waals surface area contributed by atoms with Crippen molar-refractivity contribution in [3.8, 4) is 0 Å². The minimum atomic E-state index is -0.211. The zero-order valence-corrected chi connectivity index (χ0v) is 16.8. The van der Waals surface area contributed by atoms with Crippen molar-refractivity contribution in [3.63, 3.8) is 0 Å². The van der Waals surface area contributed by atoms with Gasteiger partial charge in [-0.05, 0) is 42.7 Å². The Balaban J connectivity index is 1.53. The molecule has 0 spiro atoms. The molecule has 1 aromatic heterocycles. The second-order valence-corrected chi connectivity index (χ2v) is 8.15. The third-order valence-corrected chi connectivity index (χ3v) is 5.14. The van der Waals surface area contributed by atoms with Crippen LogP contribution in [0.2, 0.25) is 0 Å². The van der Waals surface area contributed by atoms with Crippen LogP contribution >= 0.6 is 0 Å². The molecule has 1 unspecified atom stereocenters. The number of hydrogen-bond donors (Lipinski definition) is 2. The van der Waals surface area contributed by atoms with Crippen molar-refractivity contribution in [2.45, 2.75) is 52.1 Å². The fraction of sp³-hybridized carbons (Fsp3) is 0.667. The van der Waals surface area contributed by atoms with Crippen LogP contribution in [-0.4, -0.2) is 49.3 Å². The number of pyridine rings is 1. The molecule has 3 rings (SSSR count). The molecule has 0 radical (unpaired) electrons. The zero-order valence-electron chi connectivity index (χ0n) is 16.8. The first kappa shape index (κ1) is 20.6. The summed E-state index contributed by atoms with van der Waals surface area (Å²) in [6.07, 6.45) is 5.38. The zero-order chi connectivity index (χ0) is 19.9. The van der Waals surface area contributed by atoms with Crippen LogP contribution in [0.15, 0.2) is 12.3 Å². The first-order valence-electron chi connectivity index (χ1n) is 10.3. The Bertz CT molecular complexity index is 686. The molecule has 0 aromatic carbocycles. The van der Waals surface area contributed by atoms with Crippen molar-refractivity contribution in [2.24, 2.45) is 11.8 Å². The molecule has 0 aliphatic carbocycles. The monoisotopic (exact) mass is 389 g/mol. The van der Waals surface area contributed by atoms with Crippen molar-refractivity contribution in [2.75, 3.05) is 31.6 Å². The summed E-state index contributed by atoms with van der Waals surface area (Å²) in [5, 5.41) is 6.23. The van der Waals surface area contributed by atoms with E-state index in [1.807, 2.05) is 6.07 Å². The van der Waals surface area contributed by atoms with Gasteiger partial charge in [-0.2, -0.15) is 0 Å². The molecule has 2 aliphatic heterocycles. The highest BCUT2D eigenvalue weighted by Gasteiger charge is 2.23. The maximum absolute atomic E-state index is 12.6. The first-order valence-corrected chi connectivity index (χ1v) is 10.3. The van der Waals surface area contributed by atoms with E-state index in [1.54, 1.807) is 6.20 Å². The lowest BCUT2D eigenvalue weighted by atomic mass is 9.94. The summed E-state index contributed by atoms with van der Waals surface area (Å²) in [4.78, 5) is 29.2. The van der Waals surface area contributed by atoms with E-state index in [2.05, 4.69) is 29.5 Å². The Hall–Kier alpha value is -2.15. The van der Waals surface area contributed by atoms with E-state index in [0.29, 0.717) is 37.7 Å². The summed E-state index contributed by atoms with van der Waals surface area (Å²) in [7, 11) is 0. The topological polar surface area (TPSA) is 89.6 Å². The highest BCUT2D eigenvalue weighted by Crippen LogP contribution is 2.21. The molecule has 2 N–H and O–H groups in total. The van der Waals surface area contributed by atoms with Gasteiger partial charge in [0.05, 0.1) is 25.2 Å². The van der Waals surface area contributed by atoms with Crippen molar-refractivity contribution < 1.29 is 19.1 Å². The van der Waals surface area contributed by atoms with Crippen molar-refractivity contribution in [1.29, 1.82) is 0 Å². The van der Waals surface area contributed by atoms with Gasteiger partial charge in [-0.3, -0.25) is 9.59 Å². The highest BCUT2D eigenvalue weighted by atomic mass is 16.6. The Morgan fingerprint density at radius 3 is 3.04 bits per heavy atom. The molecule has 7 nitrogen and oxygen atoms in total. The summed E-state index contributed by atoms with van der Waals surface area (Å²) in [5.41, 5.74) is 1.65. The fourth-order valence-corrected chi connectivity index (χ4v) is 3.79. The number of anilines is 1. The SMILES string of the molecule is CC(C)C[C@H](CNC(=O)c1cnc2c(c1)CCCN2)CC(=O)OC1CCOC1. The molecule has 1 fully saturated rings. The summed E-state index contributed by atoms with van der Waals surface area (Å²) in [6, 6.07) is 1.91. The highest BCUT2D eigenvalue weighted by molar-refractivity contribution is 5.94. The van der Waals surface area contributed by atoms with E-state index >= 15 is 0 Å². The largest absolute Gasteiger partial charge is 0.460 e. The van der Waals surface area contributed by atoms with Crippen LogP contribution in [0.4, 0.5) is 5.82 Å². The van der Waals surface area contributed by atoms with E-state index < -0.39 is 0 Å². The average molecular weight is 389 g/mol. The Labute approximate surface area is 166 Å². The molecule has 0 saturated carbocycles. The number of aromatic nitrogens is 1. The molecule has 3 heterocycles. The second kappa shape index (κ2) is 9.87. The van der Waals surface area contributed by atoms with Crippen molar-refractivity contribution in [1.82, 2.24) is 10.3 Å². The maximum atomic E-state index is 12.6. The van der Waals surface area contributed by atoms with Gasteiger partial charge in [0.2, 0.25) is 0 Å². The summed E-state index contributed by atoms with van der Waals surface area (Å²) < 4.78 is 10.7. The van der Waals surface area contributed by atoms with Crippen LogP contribution in [0.3, 0.4) is 0 Å². The minimum absolute atomic E-state index is 0.0472. The molecule has 1 saturated heterocycles. The van der Waals surface area contributed by atoms with E-state index in [0.717, 1.165) is 43.6 Å². The van der Waals surface area contributed by atoms with E-state index in [1.165, 1.54) is 0 Å². The van der Waals surface area contributed by atoms with Crippen LogP contribution in [0.5, 0.6) is 0 Å². The lowest BCUT2D eigenvalue weighted by Crippen LogP contribution is -2.32. The standard InChI is InChI=1S/C21H31N3O4/c1-14(2)8-15(9-19(25)28-18-5-7-27-13-18)11-24-21(26)17-10-16-4-3-6-22-20(16)23-12-17/h10,12,14-15,18H,3-9,11,13H2,1-2H3,(H,22,23)(H,24,26)/t15-,18?/m0/s1. The van der Waals surface area contributed by atoms with Gasteiger partial charge in [0.1, 0.15) is 11.9 Å². The van der Waals surface area contributed by atoms with Crippen molar-refractivity contribution in [3.05, 3.63) is 23.4 Å². The van der Waals surface area contributed by atoms with E-state index in [9.17, 15) is 9.59 Å². The maximum Gasteiger partial charge on any atom is 0.306 e. The molecule has 2 aliphatic rings. The smallest absolute Gasteiger partial charge is 0.306 e. The summed E-state index contributed by atoms with van der Waals surface area (Å²) >= 11 is 0. The Morgan fingerprint density at radius 1 is 1.43 bits per heavy atom. The van der Waals surface area contributed by atoms with Gasteiger partial charge in [-0.1, -0.05) is 13.8 Å². The molecule has 154 valence electrons. The number of hydrogen-bond acceptors (Lipinski definition) is 6. The van der Waals surface area contributed by atoms with Gasteiger partial charge >= 0.3 is 5.97 Å². The quantitative estimate of drug-likeness (QED) is 0.664. The van der Waals surface area contributed by atoms with Crippen LogP contribution in [-0.2, 0) is 20.7 Å². The third kappa shape index (κ3) is 5.92. The van der Waals surface area contributed by atoms with Crippen molar-refractivity contribution >= 4 is 17.7 Å². The van der Waals surface area contributed by atoms with Gasteiger partial charge in [0.15, 0.2) is 0 Å². The molecule has 0 bridgehead atoms. The molecule has 2 atom stereocenters. The van der Waals surface area contributed by atoms with Crippen LogP contribution in [0, 0.1) is 11.8 Å². The van der Waals surface area contributed by atoms with Gasteiger partial charge in [-0.15, -0.1) is 0 Å². The Kier molecular flexibility index (Phi) is 7.25. The molecule has 1 amide bonds. The predicted molar refractivity (Wildman–Crippen MR) is 106 cm³/mol. The normalized spacial score (nSPS) is 19.6. The molecular formula is C21H31N3O4. The lowest BCUT2D eigenvalue weighted by Gasteiger charge is -2.20. The fourth-order valence-electron chi connectivity index (χ4n) is 3.79. The van der Waals surface area contributed by atoms with Gasteiger partial charge in [0.25, 0.3) is 5.91 Å². The summed E-state index contributed by atoms with van der Waals surface area (Å²) in [6.45, 7) is 6.73. The van der Waals surface area contributed by atoms with Crippen LogP contribution < -0.4 is 10.6 Å². The number of rotatable bonds is 8. The van der Waals surface area contributed by atoms with Gasteiger partial charge in [-0.25, -0.2) is 4.98 Å². The number of ether oxygens (including phenoxy) is 2. The molecular weight excluding hydrogens is 358 g/mol. The minimum Gasteiger partial charge on any atom is -0.460 e. The number of esters is 1. The first-order chi connectivity index (χ1) is 13.5. The number of amides is 1. The predicted octanol–water partition coefficient (Wildman–Crippen LogP) is 2.55. The van der Waals surface area contributed by atoms with Crippen LogP contribution in [0.25, 0.3) is 0 Å². The molecule has 28 heavy (non-hydrogen) atoms. The second-order valence-electron chi connectivity index (χ2n) is 8.15. The number of nitrogens with one attached hydrogen (secondary N) is 2. The number of nitrogens with zero attached hydrogens (tertiary/aromatic N) is 1. The number of carbonyl (C=O) groups excluding carboxylic acids is 2. The van der Waals surface area contributed by atoms with Gasteiger partial charge in [0, 0.05) is 25.7 Å². The Morgan fingerprint density at radius 2 is 2.29 bits per heavy atom. The average Bonchev–Trinajstić information content (AvgIpc) is 3.17. The molecule has 1 aromatic rings. The molecule has 7 heteroatoms.